The highest BCUT2D eigenvalue weighted by Crippen LogP contribution is 2.39. The van der Waals surface area contributed by atoms with Gasteiger partial charge in [0, 0.05) is 10.0 Å². The summed E-state index contributed by atoms with van der Waals surface area (Å²) in [6.45, 7) is 4.49. The van der Waals surface area contributed by atoms with Gasteiger partial charge in [-0.2, -0.15) is 0 Å². The zero-order valence-electron chi connectivity index (χ0n) is 22.7. The summed E-state index contributed by atoms with van der Waals surface area (Å²) in [6, 6.07) is 36.3. The first kappa shape index (κ1) is 27.1. The zero-order valence-corrected chi connectivity index (χ0v) is 25.1. The SMILES string of the molecule is Cc1ccc(N=C2S/C(=C\c3cc(Br)ccc3OCc3cccc4ccccc34)C(=O)N2c2ccc(C)cc2)cc1. The van der Waals surface area contributed by atoms with Crippen molar-refractivity contribution in [1.82, 2.24) is 0 Å². The number of hydrogen-bond donors (Lipinski definition) is 0. The smallest absolute Gasteiger partial charge is 0.271 e. The van der Waals surface area contributed by atoms with Crippen LogP contribution in [0, 0.1) is 13.8 Å². The van der Waals surface area contributed by atoms with Crippen LogP contribution in [0.3, 0.4) is 0 Å². The number of hydrogen-bond acceptors (Lipinski definition) is 4. The molecule has 0 radical (unpaired) electrons. The summed E-state index contributed by atoms with van der Waals surface area (Å²) in [4.78, 5) is 21.0. The molecule has 1 amide bonds. The van der Waals surface area contributed by atoms with Crippen molar-refractivity contribution >= 4 is 67.0 Å². The molecule has 0 aliphatic carbocycles. The number of aliphatic imine (C=N–C) groups is 1. The molecular weight excluding hydrogens is 592 g/mol. The van der Waals surface area contributed by atoms with Crippen LogP contribution in [0.1, 0.15) is 22.3 Å². The van der Waals surface area contributed by atoms with Crippen molar-refractivity contribution in [3.05, 3.63) is 141 Å². The Bertz CT molecular complexity index is 1810. The van der Waals surface area contributed by atoms with Crippen LogP contribution in [0.15, 0.2) is 124 Å². The third kappa shape index (κ3) is 5.99. The number of aryl methyl sites for hydroxylation is 2. The average molecular weight is 620 g/mol. The van der Waals surface area contributed by atoms with Crippen molar-refractivity contribution in [3.8, 4) is 5.75 Å². The van der Waals surface area contributed by atoms with E-state index in [0.29, 0.717) is 22.4 Å². The Hall–Kier alpha value is -4.13. The van der Waals surface area contributed by atoms with Gasteiger partial charge in [-0.3, -0.25) is 9.69 Å². The fourth-order valence-corrected chi connectivity index (χ4v) is 6.05. The third-order valence-electron chi connectivity index (χ3n) is 6.88. The Morgan fingerprint density at radius 1 is 0.854 bits per heavy atom. The maximum absolute atomic E-state index is 13.9. The first-order valence-corrected chi connectivity index (χ1v) is 14.9. The van der Waals surface area contributed by atoms with Gasteiger partial charge < -0.3 is 4.74 Å². The second-order valence-corrected chi connectivity index (χ2v) is 11.9. The van der Waals surface area contributed by atoms with Crippen LogP contribution in [-0.4, -0.2) is 11.1 Å². The molecule has 1 aliphatic rings. The molecule has 5 aromatic carbocycles. The van der Waals surface area contributed by atoms with E-state index in [9.17, 15) is 4.79 Å². The second-order valence-electron chi connectivity index (χ2n) is 9.93. The molecule has 0 saturated carbocycles. The molecule has 1 fully saturated rings. The number of carbonyl (C=O) groups excluding carboxylic acids is 1. The molecular formula is C35H27BrN2O2S. The van der Waals surface area contributed by atoms with E-state index < -0.39 is 0 Å². The highest BCUT2D eigenvalue weighted by atomic mass is 79.9. The number of rotatable bonds is 6. The lowest BCUT2D eigenvalue weighted by molar-refractivity contribution is -0.113. The van der Waals surface area contributed by atoms with E-state index in [1.807, 2.05) is 105 Å². The van der Waals surface area contributed by atoms with Crippen molar-refractivity contribution < 1.29 is 9.53 Å². The molecule has 4 nitrogen and oxygen atoms in total. The third-order valence-corrected chi connectivity index (χ3v) is 8.34. The minimum absolute atomic E-state index is 0.121. The van der Waals surface area contributed by atoms with Crippen molar-refractivity contribution in [2.75, 3.05) is 4.90 Å². The molecule has 0 aromatic heterocycles. The van der Waals surface area contributed by atoms with E-state index in [0.717, 1.165) is 38.1 Å². The van der Waals surface area contributed by atoms with E-state index in [1.54, 1.807) is 4.90 Å². The van der Waals surface area contributed by atoms with Gasteiger partial charge in [0.25, 0.3) is 5.91 Å². The standard InChI is InChI=1S/C35H27BrN2O2S/c1-23-10-15-29(16-11-23)37-35-38(30-17-12-24(2)13-18-30)34(39)33(41-35)21-27-20-28(36)14-19-32(27)40-22-26-8-5-7-25-6-3-4-9-31(25)26/h3-21H,22H2,1-2H3/b33-21-,37-35?. The summed E-state index contributed by atoms with van der Waals surface area (Å²) in [5, 5.41) is 2.96. The predicted molar refractivity (Wildman–Crippen MR) is 175 cm³/mol. The number of anilines is 1. The van der Waals surface area contributed by atoms with Gasteiger partial charge in [0.05, 0.1) is 16.3 Å². The summed E-state index contributed by atoms with van der Waals surface area (Å²) in [5.41, 5.74) is 5.79. The van der Waals surface area contributed by atoms with Crippen molar-refractivity contribution in [2.45, 2.75) is 20.5 Å². The molecule has 6 rings (SSSR count). The number of fused-ring (bicyclic) bond motifs is 1. The number of amides is 1. The molecule has 0 spiro atoms. The van der Waals surface area contributed by atoms with Crippen LogP contribution in [-0.2, 0) is 11.4 Å². The Labute approximate surface area is 252 Å². The van der Waals surface area contributed by atoms with Gasteiger partial charge in [0.1, 0.15) is 12.4 Å². The molecule has 6 heteroatoms. The van der Waals surface area contributed by atoms with Crippen molar-refractivity contribution in [1.29, 1.82) is 0 Å². The molecule has 0 atom stereocenters. The highest BCUT2D eigenvalue weighted by Gasteiger charge is 2.35. The monoisotopic (exact) mass is 618 g/mol. The molecule has 1 heterocycles. The number of benzene rings is 5. The molecule has 1 aliphatic heterocycles. The van der Waals surface area contributed by atoms with Gasteiger partial charge in [0.2, 0.25) is 0 Å². The largest absolute Gasteiger partial charge is 0.488 e. The molecule has 1 saturated heterocycles. The maximum atomic E-state index is 13.9. The lowest BCUT2D eigenvalue weighted by atomic mass is 10.1. The van der Waals surface area contributed by atoms with Gasteiger partial charge >= 0.3 is 0 Å². The van der Waals surface area contributed by atoms with Gasteiger partial charge in [-0.05, 0) is 90.5 Å². The topological polar surface area (TPSA) is 41.9 Å². The first-order valence-electron chi connectivity index (χ1n) is 13.3. The molecule has 41 heavy (non-hydrogen) atoms. The minimum atomic E-state index is -0.121. The van der Waals surface area contributed by atoms with Crippen LogP contribution >= 0.6 is 27.7 Å². The Morgan fingerprint density at radius 3 is 2.34 bits per heavy atom. The second kappa shape index (κ2) is 11.8. The van der Waals surface area contributed by atoms with Crippen LogP contribution in [0.2, 0.25) is 0 Å². The summed E-state index contributed by atoms with van der Waals surface area (Å²) < 4.78 is 7.26. The van der Waals surface area contributed by atoms with Crippen LogP contribution in [0.5, 0.6) is 5.75 Å². The zero-order chi connectivity index (χ0) is 28.3. The summed E-state index contributed by atoms with van der Waals surface area (Å²) in [6.07, 6.45) is 1.90. The van der Waals surface area contributed by atoms with Crippen molar-refractivity contribution in [2.24, 2.45) is 4.99 Å². The lowest BCUT2D eigenvalue weighted by Crippen LogP contribution is -2.28. The summed E-state index contributed by atoms with van der Waals surface area (Å²) in [7, 11) is 0. The van der Waals surface area contributed by atoms with E-state index in [1.165, 1.54) is 22.5 Å². The number of nitrogens with zero attached hydrogens (tertiary/aromatic N) is 2. The fourth-order valence-electron chi connectivity index (χ4n) is 4.68. The van der Waals surface area contributed by atoms with Crippen LogP contribution < -0.4 is 9.64 Å². The molecule has 0 unspecified atom stereocenters. The predicted octanol–water partition coefficient (Wildman–Crippen LogP) is 9.61. The van der Waals surface area contributed by atoms with E-state index >= 15 is 0 Å². The van der Waals surface area contributed by atoms with E-state index in [-0.39, 0.29) is 5.91 Å². The fraction of sp³-hybridized carbons (Fsp3) is 0.0857. The quantitative estimate of drug-likeness (QED) is 0.178. The molecule has 0 bridgehead atoms. The van der Waals surface area contributed by atoms with Crippen LogP contribution in [0.4, 0.5) is 11.4 Å². The molecule has 5 aromatic rings. The number of carbonyl (C=O) groups is 1. The van der Waals surface area contributed by atoms with E-state index in [2.05, 4.69) is 40.2 Å². The van der Waals surface area contributed by atoms with Crippen LogP contribution in [0.25, 0.3) is 16.8 Å². The number of thioether (sulfide) groups is 1. The lowest BCUT2D eigenvalue weighted by Gasteiger charge is -2.16. The number of halogens is 1. The summed E-state index contributed by atoms with van der Waals surface area (Å²) >= 11 is 4.96. The minimum Gasteiger partial charge on any atom is -0.488 e. The van der Waals surface area contributed by atoms with Gasteiger partial charge in [0.15, 0.2) is 5.17 Å². The highest BCUT2D eigenvalue weighted by molar-refractivity contribution is 9.10. The van der Waals surface area contributed by atoms with E-state index in [4.69, 9.17) is 9.73 Å². The van der Waals surface area contributed by atoms with Gasteiger partial charge in [-0.1, -0.05) is 93.8 Å². The molecule has 0 N–H and O–H groups in total. The average Bonchev–Trinajstić information content (AvgIpc) is 3.28. The maximum Gasteiger partial charge on any atom is 0.271 e. The Balaban J connectivity index is 1.35. The normalized spacial score (nSPS) is 15.3. The van der Waals surface area contributed by atoms with Gasteiger partial charge in [-0.25, -0.2) is 4.99 Å². The summed E-state index contributed by atoms with van der Waals surface area (Å²) in [5.74, 6) is 0.581. The first-order chi connectivity index (χ1) is 19.9. The van der Waals surface area contributed by atoms with Crippen molar-refractivity contribution in [3.63, 3.8) is 0 Å². The Morgan fingerprint density at radius 2 is 1.56 bits per heavy atom. The van der Waals surface area contributed by atoms with Gasteiger partial charge in [-0.15, -0.1) is 0 Å². The number of ether oxygens (including phenoxy) is 1. The molecule has 202 valence electrons. The Kier molecular flexibility index (Phi) is 7.77. The number of amidine groups is 1.